The van der Waals surface area contributed by atoms with Crippen molar-refractivity contribution >= 4 is 49.0 Å². The highest BCUT2D eigenvalue weighted by atomic mass is 79.9. The smallest absolute Gasteiger partial charge is 0.142 e. The highest BCUT2D eigenvalue weighted by Crippen LogP contribution is 2.31. The molecule has 1 N–H and O–H groups in total. The number of aryl methyl sites for hydroxylation is 2. The van der Waals surface area contributed by atoms with E-state index >= 15 is 0 Å². The first-order valence-corrected chi connectivity index (χ1v) is 8.06. The predicted octanol–water partition coefficient (Wildman–Crippen LogP) is 5.07. The molecule has 0 bridgehead atoms. The second-order valence-electron chi connectivity index (χ2n) is 4.54. The zero-order valence-corrected chi connectivity index (χ0v) is 13.7. The first kappa shape index (κ1) is 13.5. The third-order valence-corrected chi connectivity index (χ3v) is 4.71. The Hall–Kier alpha value is -1.46. The summed E-state index contributed by atoms with van der Waals surface area (Å²) < 4.78 is 1.07. The van der Waals surface area contributed by atoms with Crippen LogP contribution < -0.4 is 5.32 Å². The van der Waals surface area contributed by atoms with Gasteiger partial charge in [-0.25, -0.2) is 9.97 Å². The normalized spacial score (nSPS) is 10.9. The summed E-state index contributed by atoms with van der Waals surface area (Å²) in [6.07, 6.45) is 1.03. The van der Waals surface area contributed by atoms with Gasteiger partial charge in [0.15, 0.2) is 0 Å². The van der Waals surface area contributed by atoms with Gasteiger partial charge in [0, 0.05) is 15.0 Å². The second-order valence-corrected chi connectivity index (χ2v) is 6.57. The Kier molecular flexibility index (Phi) is 3.72. The molecule has 0 aliphatic rings. The number of anilines is 2. The van der Waals surface area contributed by atoms with Crippen LogP contribution in [0, 0.1) is 6.92 Å². The fraction of sp³-hybridized carbons (Fsp3) is 0.200. The van der Waals surface area contributed by atoms with Gasteiger partial charge in [-0.05, 0) is 43.7 Å². The van der Waals surface area contributed by atoms with Gasteiger partial charge in [0.1, 0.15) is 16.5 Å². The largest absolute Gasteiger partial charge is 0.340 e. The lowest BCUT2D eigenvalue weighted by atomic mass is 10.3. The molecule has 5 heteroatoms. The first-order valence-electron chi connectivity index (χ1n) is 6.45. The zero-order chi connectivity index (χ0) is 14.1. The summed E-state index contributed by atoms with van der Waals surface area (Å²) in [5, 5.41) is 4.48. The van der Waals surface area contributed by atoms with Crippen LogP contribution in [0.25, 0.3) is 10.2 Å². The van der Waals surface area contributed by atoms with Crippen LogP contribution >= 0.6 is 27.3 Å². The molecular formula is C15H14BrN3S. The predicted molar refractivity (Wildman–Crippen MR) is 89.0 cm³/mol. The Bertz CT molecular complexity index is 750. The van der Waals surface area contributed by atoms with E-state index in [1.165, 1.54) is 4.88 Å². The summed E-state index contributed by atoms with van der Waals surface area (Å²) >= 11 is 5.18. The molecule has 20 heavy (non-hydrogen) atoms. The van der Waals surface area contributed by atoms with Crippen LogP contribution in [0.1, 0.15) is 17.6 Å². The van der Waals surface area contributed by atoms with Gasteiger partial charge in [-0.15, -0.1) is 11.3 Å². The van der Waals surface area contributed by atoms with Crippen molar-refractivity contribution in [2.24, 2.45) is 0 Å². The maximum atomic E-state index is 4.54. The first-order chi connectivity index (χ1) is 9.65. The number of benzene rings is 1. The van der Waals surface area contributed by atoms with Gasteiger partial charge in [-0.2, -0.15) is 0 Å². The standard InChI is InChI=1S/C15H14BrN3S/c1-3-12-8-13-14(17-9(2)18-15(13)20-12)19-11-6-4-10(16)5-7-11/h4-8H,3H2,1-2H3,(H,17,18,19). The SMILES string of the molecule is CCc1cc2c(Nc3ccc(Br)cc3)nc(C)nc2s1. The molecule has 0 amide bonds. The molecule has 0 aliphatic carbocycles. The number of nitrogens with one attached hydrogen (secondary N) is 1. The van der Waals surface area contributed by atoms with Gasteiger partial charge in [0.05, 0.1) is 5.39 Å². The molecule has 0 spiro atoms. The molecule has 0 radical (unpaired) electrons. The Morgan fingerprint density at radius 2 is 1.95 bits per heavy atom. The van der Waals surface area contributed by atoms with Crippen molar-refractivity contribution in [1.29, 1.82) is 0 Å². The molecular weight excluding hydrogens is 334 g/mol. The molecule has 3 aromatic rings. The Morgan fingerprint density at radius 1 is 1.20 bits per heavy atom. The van der Waals surface area contributed by atoms with Crippen molar-refractivity contribution in [3.05, 3.63) is 45.5 Å². The zero-order valence-electron chi connectivity index (χ0n) is 11.3. The summed E-state index contributed by atoms with van der Waals surface area (Å²) in [6.45, 7) is 4.09. The lowest BCUT2D eigenvalue weighted by Gasteiger charge is -2.07. The summed E-state index contributed by atoms with van der Waals surface area (Å²) in [5.41, 5.74) is 1.02. The van der Waals surface area contributed by atoms with Crippen LogP contribution in [0.2, 0.25) is 0 Å². The van der Waals surface area contributed by atoms with E-state index in [-0.39, 0.29) is 0 Å². The van der Waals surface area contributed by atoms with Gasteiger partial charge in [0.2, 0.25) is 0 Å². The second kappa shape index (κ2) is 5.50. The third-order valence-electron chi connectivity index (χ3n) is 3.01. The minimum Gasteiger partial charge on any atom is -0.340 e. The average molecular weight is 348 g/mol. The van der Waals surface area contributed by atoms with E-state index in [1.807, 2.05) is 31.2 Å². The number of hydrogen-bond donors (Lipinski definition) is 1. The fourth-order valence-corrected chi connectivity index (χ4v) is 3.29. The minimum atomic E-state index is 0.793. The number of aromatic nitrogens is 2. The Balaban J connectivity index is 2.05. The number of hydrogen-bond acceptors (Lipinski definition) is 4. The molecule has 2 heterocycles. The molecule has 3 rings (SSSR count). The van der Waals surface area contributed by atoms with Crippen LogP contribution in [0.4, 0.5) is 11.5 Å². The molecule has 102 valence electrons. The molecule has 0 unspecified atom stereocenters. The molecule has 2 aromatic heterocycles. The van der Waals surface area contributed by atoms with E-state index in [2.05, 4.69) is 44.2 Å². The summed E-state index contributed by atoms with van der Waals surface area (Å²) in [7, 11) is 0. The summed E-state index contributed by atoms with van der Waals surface area (Å²) in [6, 6.07) is 10.3. The van der Waals surface area contributed by atoms with Crippen LogP contribution in [0.15, 0.2) is 34.8 Å². The number of fused-ring (bicyclic) bond motifs is 1. The van der Waals surface area contributed by atoms with Gasteiger partial charge in [-0.1, -0.05) is 22.9 Å². The van der Waals surface area contributed by atoms with Crippen LogP contribution in [-0.2, 0) is 6.42 Å². The average Bonchev–Trinajstić information content (AvgIpc) is 2.84. The lowest BCUT2D eigenvalue weighted by molar-refractivity contribution is 1.10. The van der Waals surface area contributed by atoms with E-state index < -0.39 is 0 Å². The molecule has 0 saturated heterocycles. The lowest BCUT2D eigenvalue weighted by Crippen LogP contribution is -1.97. The van der Waals surface area contributed by atoms with Gasteiger partial charge in [-0.3, -0.25) is 0 Å². The van der Waals surface area contributed by atoms with E-state index in [0.717, 1.165) is 38.4 Å². The topological polar surface area (TPSA) is 37.8 Å². The van der Waals surface area contributed by atoms with Crippen LogP contribution in [0.5, 0.6) is 0 Å². The van der Waals surface area contributed by atoms with Crippen LogP contribution in [-0.4, -0.2) is 9.97 Å². The summed E-state index contributed by atoms with van der Waals surface area (Å²) in [4.78, 5) is 11.4. The van der Waals surface area contributed by atoms with E-state index in [1.54, 1.807) is 11.3 Å². The quantitative estimate of drug-likeness (QED) is 0.718. The van der Waals surface area contributed by atoms with Gasteiger partial charge < -0.3 is 5.32 Å². The number of halogens is 1. The van der Waals surface area contributed by atoms with Crippen molar-refractivity contribution in [3.8, 4) is 0 Å². The Morgan fingerprint density at radius 3 is 2.65 bits per heavy atom. The molecule has 0 aliphatic heterocycles. The molecule has 1 aromatic carbocycles. The van der Waals surface area contributed by atoms with Crippen molar-refractivity contribution in [1.82, 2.24) is 9.97 Å². The maximum Gasteiger partial charge on any atom is 0.142 e. The van der Waals surface area contributed by atoms with Crippen molar-refractivity contribution in [2.45, 2.75) is 20.3 Å². The molecule has 3 nitrogen and oxygen atoms in total. The van der Waals surface area contributed by atoms with Crippen molar-refractivity contribution < 1.29 is 0 Å². The number of rotatable bonds is 3. The third kappa shape index (κ3) is 2.69. The number of thiophene rings is 1. The summed E-state index contributed by atoms with van der Waals surface area (Å²) in [5.74, 6) is 1.67. The fourth-order valence-electron chi connectivity index (χ4n) is 2.02. The Labute approximate surface area is 130 Å². The highest BCUT2D eigenvalue weighted by molar-refractivity contribution is 9.10. The molecule has 0 atom stereocenters. The van der Waals surface area contributed by atoms with E-state index in [0.29, 0.717) is 0 Å². The van der Waals surface area contributed by atoms with Crippen molar-refractivity contribution in [3.63, 3.8) is 0 Å². The molecule has 0 fully saturated rings. The molecule has 0 saturated carbocycles. The van der Waals surface area contributed by atoms with Gasteiger partial charge in [0.25, 0.3) is 0 Å². The van der Waals surface area contributed by atoms with Gasteiger partial charge >= 0.3 is 0 Å². The van der Waals surface area contributed by atoms with Crippen LogP contribution in [0.3, 0.4) is 0 Å². The van der Waals surface area contributed by atoms with Crippen molar-refractivity contribution in [2.75, 3.05) is 5.32 Å². The van der Waals surface area contributed by atoms with E-state index in [4.69, 9.17) is 0 Å². The minimum absolute atomic E-state index is 0.793. The maximum absolute atomic E-state index is 4.54. The van der Waals surface area contributed by atoms with E-state index in [9.17, 15) is 0 Å². The monoisotopic (exact) mass is 347 g/mol. The highest BCUT2D eigenvalue weighted by Gasteiger charge is 2.10. The number of nitrogens with zero attached hydrogens (tertiary/aromatic N) is 2.